The summed E-state index contributed by atoms with van der Waals surface area (Å²) in [4.78, 5) is 46.0. The Morgan fingerprint density at radius 3 is 1.32 bits per heavy atom. The zero-order valence-electron chi connectivity index (χ0n) is 11.6. The van der Waals surface area contributed by atoms with E-state index in [1.807, 2.05) is 0 Å². The van der Waals surface area contributed by atoms with Gasteiger partial charge in [0.1, 0.15) is 0 Å². The van der Waals surface area contributed by atoms with Gasteiger partial charge in [0.25, 0.3) is 0 Å². The molecule has 0 aliphatic carbocycles. The van der Waals surface area contributed by atoms with Crippen molar-refractivity contribution in [2.24, 2.45) is 0 Å². The number of rotatable bonds is 2. The fourth-order valence-electron chi connectivity index (χ4n) is 2.72. The molecule has 0 atom stereocenters. The lowest BCUT2D eigenvalue weighted by atomic mass is 9.98. The van der Waals surface area contributed by atoms with Gasteiger partial charge in [-0.15, -0.1) is 0 Å². The Kier molecular flexibility index (Phi) is 4.56. The van der Waals surface area contributed by atoms with Crippen LogP contribution in [0.25, 0.3) is 0 Å². The molecule has 0 amide bonds. The molecule has 2 aromatic carbocycles. The van der Waals surface area contributed by atoms with Gasteiger partial charge >= 0.3 is 23.9 Å². The van der Waals surface area contributed by atoms with Crippen LogP contribution in [0.3, 0.4) is 0 Å². The highest BCUT2D eigenvalue weighted by atomic mass is 16.6. The highest BCUT2D eigenvalue weighted by Crippen LogP contribution is 2.25. The number of benzene rings is 2. The molecule has 0 fully saturated rings. The average Bonchev–Trinajstić information content (AvgIpc) is 2.96. The zero-order valence-corrected chi connectivity index (χ0v) is 11.6. The third-order valence-electron chi connectivity index (χ3n) is 3.83. The molecular formula is C19H16O6. The SMILES string of the molecule is C.C.O=C1OC(=O)c2cc(Cc3ccc4c(c3)C(=O)OC4=O)ccc21. The molecule has 6 nitrogen and oxygen atoms in total. The van der Waals surface area contributed by atoms with Crippen LogP contribution in [0.15, 0.2) is 36.4 Å². The van der Waals surface area contributed by atoms with Crippen LogP contribution in [0.1, 0.15) is 67.4 Å². The van der Waals surface area contributed by atoms with Crippen LogP contribution in [0.5, 0.6) is 0 Å². The monoisotopic (exact) mass is 340 g/mol. The summed E-state index contributed by atoms with van der Waals surface area (Å²) in [5.74, 6) is -2.60. The maximum absolute atomic E-state index is 11.6. The molecule has 25 heavy (non-hydrogen) atoms. The summed E-state index contributed by atoms with van der Waals surface area (Å²) in [6.45, 7) is 0. The Morgan fingerprint density at radius 1 is 0.560 bits per heavy atom. The first-order valence-corrected chi connectivity index (χ1v) is 6.82. The molecule has 0 unspecified atom stereocenters. The summed E-state index contributed by atoms with van der Waals surface area (Å²) in [7, 11) is 0. The largest absolute Gasteiger partial charge is 0.386 e. The number of carbonyl (C=O) groups excluding carboxylic acids is 4. The Balaban J connectivity index is 0.00000113. The molecule has 0 bridgehead atoms. The Hall–Kier alpha value is -3.28. The predicted octanol–water partition coefficient (Wildman–Crippen LogP) is 3.17. The third kappa shape index (κ3) is 2.82. The molecule has 0 saturated carbocycles. The van der Waals surface area contributed by atoms with Crippen molar-refractivity contribution in [1.29, 1.82) is 0 Å². The fourth-order valence-corrected chi connectivity index (χ4v) is 2.72. The van der Waals surface area contributed by atoms with Gasteiger partial charge in [-0.3, -0.25) is 0 Å². The molecule has 0 saturated heterocycles. The molecule has 0 spiro atoms. The lowest BCUT2D eigenvalue weighted by Crippen LogP contribution is -1.98. The molecule has 2 heterocycles. The quantitative estimate of drug-likeness (QED) is 0.616. The summed E-state index contributed by atoms with van der Waals surface area (Å²) in [5, 5.41) is 0. The summed E-state index contributed by atoms with van der Waals surface area (Å²) in [6.07, 6.45) is 0.434. The first kappa shape index (κ1) is 18.1. The lowest BCUT2D eigenvalue weighted by molar-refractivity contribution is 0.0425. The van der Waals surface area contributed by atoms with Crippen molar-refractivity contribution in [3.8, 4) is 0 Å². The molecule has 2 aromatic rings. The van der Waals surface area contributed by atoms with E-state index in [1.165, 1.54) is 0 Å². The molecule has 2 aliphatic rings. The van der Waals surface area contributed by atoms with Gasteiger partial charge in [0.05, 0.1) is 22.3 Å². The van der Waals surface area contributed by atoms with E-state index in [2.05, 4.69) is 9.47 Å². The minimum absolute atomic E-state index is 0. The van der Waals surface area contributed by atoms with Gasteiger partial charge in [-0.2, -0.15) is 0 Å². The van der Waals surface area contributed by atoms with Crippen molar-refractivity contribution in [2.75, 3.05) is 0 Å². The Bertz CT molecular complexity index is 850. The van der Waals surface area contributed by atoms with Crippen LogP contribution in [0.4, 0.5) is 0 Å². The van der Waals surface area contributed by atoms with Gasteiger partial charge in [0, 0.05) is 0 Å². The second-order valence-corrected chi connectivity index (χ2v) is 5.29. The predicted molar refractivity (Wildman–Crippen MR) is 88.6 cm³/mol. The second-order valence-electron chi connectivity index (χ2n) is 5.29. The molecule has 6 heteroatoms. The smallest absolute Gasteiger partial charge is 0.346 e. The van der Waals surface area contributed by atoms with Crippen LogP contribution in [0, 0.1) is 0 Å². The normalized spacial score (nSPS) is 14.1. The minimum Gasteiger partial charge on any atom is -0.386 e. The number of carbonyl (C=O) groups is 4. The van der Waals surface area contributed by atoms with Crippen molar-refractivity contribution < 1.29 is 28.7 Å². The van der Waals surface area contributed by atoms with Gasteiger partial charge in [0.2, 0.25) is 0 Å². The van der Waals surface area contributed by atoms with Crippen molar-refractivity contribution in [2.45, 2.75) is 21.3 Å². The van der Waals surface area contributed by atoms with Crippen LogP contribution in [-0.2, 0) is 15.9 Å². The van der Waals surface area contributed by atoms with Crippen molar-refractivity contribution in [3.05, 3.63) is 69.8 Å². The van der Waals surface area contributed by atoms with Crippen LogP contribution in [0.2, 0.25) is 0 Å². The number of esters is 4. The molecular weight excluding hydrogens is 324 g/mol. The van der Waals surface area contributed by atoms with Crippen LogP contribution >= 0.6 is 0 Å². The lowest BCUT2D eigenvalue weighted by Gasteiger charge is -2.04. The maximum Gasteiger partial charge on any atom is 0.346 e. The minimum atomic E-state index is -0.657. The fraction of sp³-hybridized carbons (Fsp3) is 0.158. The van der Waals surface area contributed by atoms with Gasteiger partial charge in [0.15, 0.2) is 0 Å². The summed E-state index contributed by atoms with van der Waals surface area (Å²) >= 11 is 0. The van der Waals surface area contributed by atoms with Gasteiger partial charge in [-0.25, -0.2) is 19.2 Å². The molecule has 0 aromatic heterocycles. The first-order valence-electron chi connectivity index (χ1n) is 6.82. The number of fused-ring (bicyclic) bond motifs is 2. The van der Waals surface area contributed by atoms with Crippen molar-refractivity contribution in [3.63, 3.8) is 0 Å². The van der Waals surface area contributed by atoms with E-state index in [-0.39, 0.29) is 37.1 Å². The van der Waals surface area contributed by atoms with Gasteiger partial charge in [-0.05, 0) is 41.8 Å². The van der Waals surface area contributed by atoms with E-state index < -0.39 is 23.9 Å². The molecule has 2 aliphatic heterocycles. The number of hydrogen-bond acceptors (Lipinski definition) is 6. The molecule has 0 radical (unpaired) electrons. The number of ether oxygens (including phenoxy) is 2. The highest BCUT2D eigenvalue weighted by molar-refractivity contribution is 6.15. The molecule has 0 N–H and O–H groups in total. The van der Waals surface area contributed by atoms with E-state index >= 15 is 0 Å². The van der Waals surface area contributed by atoms with E-state index in [0.717, 1.165) is 11.1 Å². The topological polar surface area (TPSA) is 86.7 Å². The average molecular weight is 340 g/mol. The van der Waals surface area contributed by atoms with Gasteiger partial charge in [-0.1, -0.05) is 27.0 Å². The maximum atomic E-state index is 11.6. The van der Waals surface area contributed by atoms with Crippen molar-refractivity contribution >= 4 is 23.9 Å². The Morgan fingerprint density at radius 2 is 0.920 bits per heavy atom. The van der Waals surface area contributed by atoms with E-state index in [1.54, 1.807) is 36.4 Å². The standard InChI is InChI=1S/C17H8O6.2CH4/c18-14-10-3-1-8(6-12(10)16(20)22-14)5-9-2-4-11-13(7-9)17(21)23-15(11)19;;/h1-4,6-7H,5H2;2*1H4. The zero-order chi connectivity index (χ0) is 16.1. The number of hydrogen-bond donors (Lipinski definition) is 0. The highest BCUT2D eigenvalue weighted by Gasteiger charge is 2.31. The second kappa shape index (κ2) is 6.32. The van der Waals surface area contributed by atoms with E-state index in [0.29, 0.717) is 6.42 Å². The van der Waals surface area contributed by atoms with E-state index in [9.17, 15) is 19.2 Å². The third-order valence-corrected chi connectivity index (χ3v) is 3.83. The van der Waals surface area contributed by atoms with E-state index in [4.69, 9.17) is 0 Å². The van der Waals surface area contributed by atoms with Crippen LogP contribution < -0.4 is 0 Å². The summed E-state index contributed by atoms with van der Waals surface area (Å²) in [5.41, 5.74) is 2.55. The molecule has 4 rings (SSSR count). The summed E-state index contributed by atoms with van der Waals surface area (Å²) < 4.78 is 9.09. The first-order chi connectivity index (χ1) is 11.0. The van der Waals surface area contributed by atoms with Crippen molar-refractivity contribution in [1.82, 2.24) is 0 Å². The Labute approximate surface area is 144 Å². The number of cyclic esters (lactones) is 4. The van der Waals surface area contributed by atoms with Crippen LogP contribution in [-0.4, -0.2) is 23.9 Å². The summed E-state index contributed by atoms with van der Waals surface area (Å²) in [6, 6.07) is 9.72. The van der Waals surface area contributed by atoms with Gasteiger partial charge < -0.3 is 9.47 Å². The molecule has 128 valence electrons.